The smallest absolute Gasteiger partial charge is 0.346 e. The molecule has 5 heteroatoms. The van der Waals surface area contributed by atoms with Gasteiger partial charge < -0.3 is 4.74 Å². The molecule has 0 amide bonds. The molecule has 0 N–H and O–H groups in total. The minimum Gasteiger partial charge on any atom is -0.423 e. The molecule has 0 saturated heterocycles. The lowest BCUT2D eigenvalue weighted by Gasteiger charge is -2.18. The van der Waals surface area contributed by atoms with E-state index in [1.165, 1.54) is 17.7 Å². The molecule has 2 aromatic carbocycles. The van der Waals surface area contributed by atoms with Gasteiger partial charge in [-0.25, -0.2) is 18.0 Å². The molecule has 0 heterocycles. The Labute approximate surface area is 143 Å². The van der Waals surface area contributed by atoms with Crippen LogP contribution in [0.4, 0.5) is 13.2 Å². The molecule has 3 rings (SSSR count). The van der Waals surface area contributed by atoms with Crippen LogP contribution < -0.4 is 4.74 Å². The molecule has 0 unspecified atom stereocenters. The van der Waals surface area contributed by atoms with Crippen molar-refractivity contribution in [1.82, 2.24) is 0 Å². The normalized spacial score (nSPS) is 13.2. The first-order chi connectivity index (χ1) is 12.0. The Morgan fingerprint density at radius 3 is 2.56 bits per heavy atom. The summed E-state index contributed by atoms with van der Waals surface area (Å²) in [6, 6.07) is 5.56. The van der Waals surface area contributed by atoms with E-state index < -0.39 is 23.4 Å². The first kappa shape index (κ1) is 17.3. The van der Waals surface area contributed by atoms with Crippen LogP contribution in [-0.2, 0) is 12.8 Å². The Kier molecular flexibility index (Phi) is 4.93. The molecule has 0 aliphatic heterocycles. The third-order valence-electron chi connectivity index (χ3n) is 4.21. The Morgan fingerprint density at radius 2 is 1.84 bits per heavy atom. The van der Waals surface area contributed by atoms with E-state index in [2.05, 4.69) is 13.0 Å². The van der Waals surface area contributed by atoms with E-state index in [1.807, 2.05) is 0 Å². The number of hydrogen-bond donors (Lipinski definition) is 0. The van der Waals surface area contributed by atoms with Gasteiger partial charge in [-0.2, -0.15) is 0 Å². The third kappa shape index (κ3) is 3.76. The summed E-state index contributed by atoms with van der Waals surface area (Å²) in [5, 5.41) is 0. The van der Waals surface area contributed by atoms with Gasteiger partial charge in [-0.3, -0.25) is 0 Å². The van der Waals surface area contributed by atoms with Crippen molar-refractivity contribution >= 4 is 5.97 Å². The van der Waals surface area contributed by atoms with E-state index >= 15 is 0 Å². The number of allylic oxidation sites excluding steroid dienone is 2. The van der Waals surface area contributed by atoms with Crippen molar-refractivity contribution in [3.8, 4) is 5.75 Å². The van der Waals surface area contributed by atoms with E-state index in [0.29, 0.717) is 12.8 Å². The lowest BCUT2D eigenvalue weighted by atomic mass is 9.88. The van der Waals surface area contributed by atoms with E-state index in [1.54, 1.807) is 0 Å². The molecule has 0 fully saturated rings. The fourth-order valence-corrected chi connectivity index (χ4v) is 2.96. The summed E-state index contributed by atoms with van der Waals surface area (Å²) in [5.74, 6) is -3.97. The van der Waals surface area contributed by atoms with E-state index in [0.717, 1.165) is 42.2 Å². The predicted molar refractivity (Wildman–Crippen MR) is 88.1 cm³/mol. The second-order valence-corrected chi connectivity index (χ2v) is 6.06. The van der Waals surface area contributed by atoms with Crippen molar-refractivity contribution < 1.29 is 22.7 Å². The van der Waals surface area contributed by atoms with Crippen molar-refractivity contribution in [3.05, 3.63) is 76.1 Å². The first-order valence-electron chi connectivity index (χ1n) is 8.14. The SMILES string of the molecule is CCCC1=CCc2cc(C(=O)Oc3ccc(F)c(F)c3)c(F)cc2C1. The van der Waals surface area contributed by atoms with Crippen LogP contribution in [0.5, 0.6) is 5.75 Å². The Morgan fingerprint density at radius 1 is 1.04 bits per heavy atom. The average Bonchev–Trinajstić information content (AvgIpc) is 2.57. The van der Waals surface area contributed by atoms with Gasteiger partial charge in [0, 0.05) is 6.07 Å². The van der Waals surface area contributed by atoms with Crippen LogP contribution in [0.15, 0.2) is 42.0 Å². The first-order valence-corrected chi connectivity index (χ1v) is 8.14. The molecule has 2 aromatic rings. The molecule has 25 heavy (non-hydrogen) atoms. The number of ether oxygens (including phenoxy) is 1. The van der Waals surface area contributed by atoms with Crippen molar-refractivity contribution in [1.29, 1.82) is 0 Å². The Bertz CT molecular complexity index is 856. The second-order valence-electron chi connectivity index (χ2n) is 6.06. The number of benzene rings is 2. The summed E-state index contributed by atoms with van der Waals surface area (Å²) in [4.78, 5) is 12.2. The minimum absolute atomic E-state index is 0.175. The van der Waals surface area contributed by atoms with Gasteiger partial charge in [-0.15, -0.1) is 0 Å². The highest BCUT2D eigenvalue weighted by molar-refractivity contribution is 5.91. The van der Waals surface area contributed by atoms with Crippen LogP contribution in [0, 0.1) is 17.5 Å². The summed E-state index contributed by atoms with van der Waals surface area (Å²) in [6.07, 6.45) is 5.42. The molecule has 0 radical (unpaired) electrons. The monoisotopic (exact) mass is 346 g/mol. The van der Waals surface area contributed by atoms with Crippen LogP contribution in [-0.4, -0.2) is 5.97 Å². The minimum atomic E-state index is -1.13. The van der Waals surface area contributed by atoms with Gasteiger partial charge in [0.15, 0.2) is 11.6 Å². The number of halogens is 3. The summed E-state index contributed by atoms with van der Waals surface area (Å²) in [7, 11) is 0. The second kappa shape index (κ2) is 7.13. The zero-order valence-corrected chi connectivity index (χ0v) is 13.7. The Hall–Kier alpha value is -2.56. The molecule has 2 nitrogen and oxygen atoms in total. The number of rotatable bonds is 4. The van der Waals surface area contributed by atoms with Crippen molar-refractivity contribution in [2.24, 2.45) is 0 Å². The lowest BCUT2D eigenvalue weighted by Crippen LogP contribution is -2.14. The van der Waals surface area contributed by atoms with Crippen LogP contribution in [0.1, 0.15) is 41.3 Å². The highest BCUT2D eigenvalue weighted by atomic mass is 19.2. The molecule has 0 atom stereocenters. The van der Waals surface area contributed by atoms with E-state index in [4.69, 9.17) is 4.74 Å². The van der Waals surface area contributed by atoms with Crippen LogP contribution >= 0.6 is 0 Å². The van der Waals surface area contributed by atoms with Gasteiger partial charge in [0.05, 0.1) is 5.56 Å². The molecule has 130 valence electrons. The van der Waals surface area contributed by atoms with E-state index in [-0.39, 0.29) is 11.3 Å². The molecule has 0 bridgehead atoms. The molecular weight excluding hydrogens is 329 g/mol. The highest BCUT2D eigenvalue weighted by Gasteiger charge is 2.20. The summed E-state index contributed by atoms with van der Waals surface area (Å²) >= 11 is 0. The largest absolute Gasteiger partial charge is 0.423 e. The average molecular weight is 346 g/mol. The van der Waals surface area contributed by atoms with Crippen molar-refractivity contribution in [2.45, 2.75) is 32.6 Å². The van der Waals surface area contributed by atoms with Gasteiger partial charge in [-0.1, -0.05) is 25.0 Å². The number of fused-ring (bicyclic) bond motifs is 1. The molecule has 1 aliphatic carbocycles. The van der Waals surface area contributed by atoms with Gasteiger partial charge >= 0.3 is 5.97 Å². The quantitative estimate of drug-likeness (QED) is 0.435. The molecule has 1 aliphatic rings. The zero-order valence-electron chi connectivity index (χ0n) is 13.7. The van der Waals surface area contributed by atoms with Crippen LogP contribution in [0.2, 0.25) is 0 Å². The maximum Gasteiger partial charge on any atom is 0.346 e. The fraction of sp³-hybridized carbons (Fsp3) is 0.250. The topological polar surface area (TPSA) is 26.3 Å². The summed E-state index contributed by atoms with van der Waals surface area (Å²) in [5.41, 5.74) is 2.80. The number of hydrogen-bond acceptors (Lipinski definition) is 2. The van der Waals surface area contributed by atoms with Crippen molar-refractivity contribution in [3.63, 3.8) is 0 Å². The summed E-state index contributed by atoms with van der Waals surface area (Å²) < 4.78 is 45.4. The maximum atomic E-state index is 14.3. The molecule has 0 saturated carbocycles. The van der Waals surface area contributed by atoms with Crippen molar-refractivity contribution in [2.75, 3.05) is 0 Å². The predicted octanol–water partition coefficient (Wildman–Crippen LogP) is 5.15. The third-order valence-corrected chi connectivity index (χ3v) is 4.21. The van der Waals surface area contributed by atoms with Crippen LogP contribution in [0.25, 0.3) is 0 Å². The van der Waals surface area contributed by atoms with Gasteiger partial charge in [-0.05, 0) is 54.7 Å². The number of carbonyl (C=O) groups excluding carboxylic acids is 1. The standard InChI is InChI=1S/C20H17F3O2/c1-2-3-12-4-5-13-9-16(18(22)10-14(13)8-12)20(24)25-15-6-7-17(21)19(23)11-15/h4,6-7,9-11H,2-3,5,8H2,1H3. The molecule has 0 spiro atoms. The maximum absolute atomic E-state index is 14.3. The number of carbonyl (C=O) groups is 1. The lowest BCUT2D eigenvalue weighted by molar-refractivity contribution is 0.0729. The molecule has 0 aromatic heterocycles. The van der Waals surface area contributed by atoms with Crippen LogP contribution in [0.3, 0.4) is 0 Å². The Balaban J connectivity index is 1.82. The number of esters is 1. The fourth-order valence-electron chi connectivity index (χ4n) is 2.96. The van der Waals surface area contributed by atoms with E-state index in [9.17, 15) is 18.0 Å². The van der Waals surface area contributed by atoms with Gasteiger partial charge in [0.25, 0.3) is 0 Å². The zero-order chi connectivity index (χ0) is 18.0. The van der Waals surface area contributed by atoms with Gasteiger partial charge in [0.1, 0.15) is 11.6 Å². The molecular formula is C20H17F3O2. The summed E-state index contributed by atoms with van der Waals surface area (Å²) in [6.45, 7) is 2.09. The van der Waals surface area contributed by atoms with Gasteiger partial charge in [0.2, 0.25) is 0 Å². The highest BCUT2D eigenvalue weighted by Crippen LogP contribution is 2.27.